The molecule has 214 valence electrons. The Labute approximate surface area is 236 Å². The van der Waals surface area contributed by atoms with E-state index >= 15 is 0 Å². The van der Waals surface area contributed by atoms with Gasteiger partial charge in [0.15, 0.2) is 6.10 Å². The highest BCUT2D eigenvalue weighted by Crippen LogP contribution is 2.46. The molecular weight excluding hydrogens is 533 g/mol. The largest absolute Gasteiger partial charge is 0.493 e. The maximum atomic E-state index is 14.7. The number of methoxy groups -OCH3 is 1. The zero-order valence-electron chi connectivity index (χ0n) is 23.3. The molecule has 0 aliphatic carbocycles. The van der Waals surface area contributed by atoms with Crippen LogP contribution >= 0.6 is 0 Å². The van der Waals surface area contributed by atoms with Gasteiger partial charge < -0.3 is 14.2 Å². The van der Waals surface area contributed by atoms with E-state index in [1.54, 1.807) is 45.2 Å². The van der Waals surface area contributed by atoms with E-state index in [0.29, 0.717) is 35.7 Å². The third kappa shape index (κ3) is 6.00. The molecule has 4 aromatic rings. The zero-order valence-corrected chi connectivity index (χ0v) is 23.3. The normalized spacial score (nSPS) is 14.2. The Hall–Kier alpha value is -4.11. The minimum absolute atomic E-state index is 0.176. The number of carbonyl (C=O) groups excluding carboxylic acids is 1. The number of benzene rings is 3. The van der Waals surface area contributed by atoms with Gasteiger partial charge in [0.1, 0.15) is 5.75 Å². The third-order valence-electron chi connectivity index (χ3n) is 6.78. The lowest BCUT2D eigenvalue weighted by Gasteiger charge is -2.30. The Kier molecular flexibility index (Phi) is 7.66. The van der Waals surface area contributed by atoms with E-state index in [2.05, 4.69) is 0 Å². The summed E-state index contributed by atoms with van der Waals surface area (Å²) >= 11 is 0. The van der Waals surface area contributed by atoms with Crippen LogP contribution in [0.4, 0.5) is 13.2 Å². The molecule has 6 nitrogen and oxygen atoms in total. The standard InChI is InChI=1S/C32H31F3N2O4/c1-31(2,3)41-29(30(38)39-4)28-23(32(33,34)35)13-14-25(37-17-16-24(36-37)20-9-6-5-7-10-20)27(28)22-12-15-26-21(19-22)11-8-18-40-26/h5-7,9-10,12-17,19,29H,8,11,18H2,1-4H3. The monoisotopic (exact) mass is 564 g/mol. The summed E-state index contributed by atoms with van der Waals surface area (Å²) < 4.78 is 62.4. The average Bonchev–Trinajstić information content (AvgIpc) is 3.44. The zero-order chi connectivity index (χ0) is 29.4. The molecule has 1 aliphatic heterocycles. The fourth-order valence-corrected chi connectivity index (χ4v) is 5.04. The molecule has 0 bridgehead atoms. The second kappa shape index (κ2) is 11.0. The number of hydrogen-bond donors (Lipinski definition) is 0. The van der Waals surface area contributed by atoms with Crippen molar-refractivity contribution in [3.8, 4) is 33.8 Å². The van der Waals surface area contributed by atoms with Crippen LogP contribution < -0.4 is 4.74 Å². The van der Waals surface area contributed by atoms with Gasteiger partial charge in [-0.3, -0.25) is 0 Å². The molecule has 0 saturated carbocycles. The van der Waals surface area contributed by atoms with Crippen molar-refractivity contribution >= 4 is 5.97 Å². The molecule has 5 rings (SSSR count). The Balaban J connectivity index is 1.83. The molecule has 9 heteroatoms. The Morgan fingerprint density at radius 3 is 2.44 bits per heavy atom. The molecule has 41 heavy (non-hydrogen) atoms. The van der Waals surface area contributed by atoms with Gasteiger partial charge in [0.2, 0.25) is 0 Å². The van der Waals surface area contributed by atoms with Gasteiger partial charge in [-0.15, -0.1) is 0 Å². The summed E-state index contributed by atoms with van der Waals surface area (Å²) in [4.78, 5) is 13.2. The van der Waals surface area contributed by atoms with E-state index in [-0.39, 0.29) is 11.1 Å². The van der Waals surface area contributed by atoms with Crippen molar-refractivity contribution in [1.29, 1.82) is 0 Å². The highest BCUT2D eigenvalue weighted by molar-refractivity contribution is 5.86. The van der Waals surface area contributed by atoms with Crippen LogP contribution in [-0.4, -0.2) is 35.1 Å². The number of alkyl halides is 3. The SMILES string of the molecule is COC(=O)C(OC(C)(C)C)c1c(C(F)(F)F)ccc(-n2ccc(-c3ccccc3)n2)c1-c1ccc2c(c1)CCCO2. The Bertz CT molecular complexity index is 1560. The molecule has 0 N–H and O–H groups in total. The first kappa shape index (κ1) is 28.4. The molecule has 0 spiro atoms. The fraction of sp³-hybridized carbons (Fsp3) is 0.312. The van der Waals surface area contributed by atoms with Crippen LogP contribution in [0, 0.1) is 0 Å². The van der Waals surface area contributed by atoms with Gasteiger partial charge in [-0.05, 0) is 75.1 Å². The third-order valence-corrected chi connectivity index (χ3v) is 6.78. The van der Waals surface area contributed by atoms with Gasteiger partial charge in [0.05, 0.1) is 36.3 Å². The molecule has 1 aliphatic rings. The van der Waals surface area contributed by atoms with E-state index in [1.807, 2.05) is 36.4 Å². The number of esters is 1. The van der Waals surface area contributed by atoms with Gasteiger partial charge in [-0.25, -0.2) is 9.48 Å². The predicted octanol–water partition coefficient (Wildman–Crippen LogP) is 7.58. The molecule has 0 amide bonds. The first-order chi connectivity index (χ1) is 19.5. The van der Waals surface area contributed by atoms with Crippen molar-refractivity contribution in [1.82, 2.24) is 9.78 Å². The number of aromatic nitrogens is 2. The van der Waals surface area contributed by atoms with Crippen molar-refractivity contribution in [2.24, 2.45) is 0 Å². The second-order valence-corrected chi connectivity index (χ2v) is 10.8. The Morgan fingerprint density at radius 2 is 1.76 bits per heavy atom. The lowest BCUT2D eigenvalue weighted by Crippen LogP contribution is -2.30. The van der Waals surface area contributed by atoms with Crippen LogP contribution in [0.2, 0.25) is 0 Å². The summed E-state index contributed by atoms with van der Waals surface area (Å²) in [6.45, 7) is 5.60. The first-order valence-electron chi connectivity index (χ1n) is 13.3. The maximum absolute atomic E-state index is 14.7. The van der Waals surface area contributed by atoms with Crippen LogP contribution in [0.5, 0.6) is 5.75 Å². The fourth-order valence-electron chi connectivity index (χ4n) is 5.04. The molecular formula is C32H31F3N2O4. The van der Waals surface area contributed by atoms with E-state index in [0.717, 1.165) is 30.7 Å². The maximum Gasteiger partial charge on any atom is 0.416 e. The van der Waals surface area contributed by atoms with Crippen LogP contribution in [0.25, 0.3) is 28.1 Å². The van der Waals surface area contributed by atoms with Gasteiger partial charge in [-0.1, -0.05) is 36.4 Å². The molecule has 0 saturated heterocycles. The molecule has 2 heterocycles. The van der Waals surface area contributed by atoms with Crippen LogP contribution in [-0.2, 0) is 26.9 Å². The molecule has 1 unspecified atom stereocenters. The number of fused-ring (bicyclic) bond motifs is 1. The minimum Gasteiger partial charge on any atom is -0.493 e. The van der Waals surface area contributed by atoms with Crippen molar-refractivity contribution in [3.63, 3.8) is 0 Å². The smallest absolute Gasteiger partial charge is 0.416 e. The lowest BCUT2D eigenvalue weighted by atomic mass is 9.88. The molecule has 0 fully saturated rings. The average molecular weight is 565 g/mol. The number of carbonyl (C=O) groups is 1. The summed E-state index contributed by atoms with van der Waals surface area (Å²) in [5.74, 6) is -0.244. The van der Waals surface area contributed by atoms with Gasteiger partial charge in [0, 0.05) is 22.9 Å². The predicted molar refractivity (Wildman–Crippen MR) is 149 cm³/mol. The van der Waals surface area contributed by atoms with Crippen molar-refractivity contribution in [2.45, 2.75) is 51.5 Å². The first-order valence-corrected chi connectivity index (χ1v) is 13.3. The van der Waals surface area contributed by atoms with E-state index < -0.39 is 29.4 Å². The highest BCUT2D eigenvalue weighted by atomic mass is 19.4. The van der Waals surface area contributed by atoms with Crippen molar-refractivity contribution in [3.05, 3.63) is 89.6 Å². The number of halogens is 3. The van der Waals surface area contributed by atoms with Crippen LogP contribution in [0.1, 0.15) is 50.0 Å². The second-order valence-electron chi connectivity index (χ2n) is 10.8. The Morgan fingerprint density at radius 1 is 1.00 bits per heavy atom. The summed E-state index contributed by atoms with van der Waals surface area (Å²) in [6.07, 6.45) is -3.25. The molecule has 1 aromatic heterocycles. The van der Waals surface area contributed by atoms with Gasteiger partial charge in [0.25, 0.3) is 0 Å². The number of ether oxygens (including phenoxy) is 3. The van der Waals surface area contributed by atoms with E-state index in [4.69, 9.17) is 19.3 Å². The molecule has 3 aromatic carbocycles. The summed E-state index contributed by atoms with van der Waals surface area (Å²) in [6, 6.07) is 18.9. The van der Waals surface area contributed by atoms with Gasteiger partial charge in [-0.2, -0.15) is 18.3 Å². The quantitative estimate of drug-likeness (QED) is 0.226. The van der Waals surface area contributed by atoms with Crippen molar-refractivity contribution < 1.29 is 32.2 Å². The number of aryl methyl sites for hydroxylation is 1. The number of nitrogens with zero attached hydrogens (tertiary/aromatic N) is 2. The van der Waals surface area contributed by atoms with Crippen LogP contribution in [0.15, 0.2) is 72.9 Å². The van der Waals surface area contributed by atoms with Gasteiger partial charge >= 0.3 is 12.1 Å². The summed E-state index contributed by atoms with van der Waals surface area (Å²) in [7, 11) is 1.13. The van der Waals surface area contributed by atoms with E-state index in [9.17, 15) is 18.0 Å². The molecule has 1 atom stereocenters. The number of rotatable bonds is 6. The summed E-state index contributed by atoms with van der Waals surface area (Å²) in [5, 5.41) is 4.71. The van der Waals surface area contributed by atoms with Crippen LogP contribution in [0.3, 0.4) is 0 Å². The highest BCUT2D eigenvalue weighted by Gasteiger charge is 2.42. The van der Waals surface area contributed by atoms with E-state index in [1.165, 1.54) is 10.7 Å². The summed E-state index contributed by atoms with van der Waals surface area (Å²) in [5.41, 5.74) is 1.11. The lowest BCUT2D eigenvalue weighted by molar-refractivity contribution is -0.166. The number of hydrogen-bond acceptors (Lipinski definition) is 5. The minimum atomic E-state index is -4.78. The molecule has 0 radical (unpaired) electrons. The van der Waals surface area contributed by atoms with Crippen molar-refractivity contribution in [2.75, 3.05) is 13.7 Å². The topological polar surface area (TPSA) is 62.6 Å².